The highest BCUT2D eigenvalue weighted by atomic mass is 35.5. The van der Waals surface area contributed by atoms with Crippen molar-refractivity contribution in [2.75, 3.05) is 33.1 Å². The molecule has 2 N–H and O–H groups in total. The quantitative estimate of drug-likeness (QED) is 0.269. The molecule has 8 heteroatoms. The zero-order valence-corrected chi connectivity index (χ0v) is 20.8. The first-order chi connectivity index (χ1) is 16.8. The molecule has 0 aliphatic rings. The number of benzene rings is 2. The Morgan fingerprint density at radius 2 is 1.86 bits per heavy atom. The van der Waals surface area contributed by atoms with E-state index in [0.29, 0.717) is 33.5 Å². The zero-order chi connectivity index (χ0) is 25.1. The van der Waals surface area contributed by atoms with Gasteiger partial charge in [0.1, 0.15) is 5.52 Å². The number of aromatic nitrogens is 2. The number of phenols is 1. The summed E-state index contributed by atoms with van der Waals surface area (Å²) in [5, 5.41) is 13.6. The number of halogens is 1. The average molecular weight is 507 g/mol. The number of rotatable bonds is 8. The molecule has 0 saturated carbocycles. The van der Waals surface area contributed by atoms with E-state index in [1.165, 1.54) is 19.6 Å². The predicted octanol–water partition coefficient (Wildman–Crippen LogP) is 6.35. The first-order valence-electron chi connectivity index (χ1n) is 11.1. The van der Waals surface area contributed by atoms with Gasteiger partial charge < -0.3 is 20.1 Å². The van der Waals surface area contributed by atoms with Crippen LogP contribution in [0.2, 0.25) is 5.02 Å². The third-order valence-corrected chi connectivity index (χ3v) is 6.00. The lowest BCUT2D eigenvalue weighted by molar-refractivity contribution is 0.101. The Hall–Kier alpha value is -3.68. The van der Waals surface area contributed by atoms with Crippen molar-refractivity contribution in [1.82, 2.24) is 14.9 Å². The second-order valence-corrected chi connectivity index (χ2v) is 8.96. The van der Waals surface area contributed by atoms with Crippen LogP contribution in [0.3, 0.4) is 0 Å². The molecule has 0 aliphatic heterocycles. The van der Waals surface area contributed by atoms with Gasteiger partial charge in [-0.15, -0.1) is 0 Å². The van der Waals surface area contributed by atoms with Gasteiger partial charge in [-0.1, -0.05) is 31.2 Å². The first-order valence-corrected chi connectivity index (χ1v) is 11.5. The van der Waals surface area contributed by atoms with Crippen molar-refractivity contribution >= 4 is 39.8 Å². The van der Waals surface area contributed by atoms with E-state index in [9.17, 15) is 9.90 Å². The third kappa shape index (κ3) is 5.75. The molecule has 7 nitrogen and oxygen atoms in total. The lowest BCUT2D eigenvalue weighted by atomic mass is 10.1. The number of pyridine rings is 2. The SMILES string of the molecule is C.COc1cc(-c2ccc3ncc(C(C)=O)c(Nc4ccc(CCN(C)C)cc4)c3n2)cc(Cl)c1O. The van der Waals surface area contributed by atoms with Crippen LogP contribution in [0.25, 0.3) is 22.3 Å². The van der Waals surface area contributed by atoms with E-state index >= 15 is 0 Å². The van der Waals surface area contributed by atoms with Crippen LogP contribution in [0.4, 0.5) is 11.4 Å². The zero-order valence-electron chi connectivity index (χ0n) is 20.1. The molecule has 0 amide bonds. The summed E-state index contributed by atoms with van der Waals surface area (Å²) in [5.41, 5.74) is 5.56. The maximum absolute atomic E-state index is 12.4. The van der Waals surface area contributed by atoms with Gasteiger partial charge in [-0.2, -0.15) is 0 Å². The Labute approximate surface area is 216 Å². The van der Waals surface area contributed by atoms with Gasteiger partial charge in [0, 0.05) is 24.0 Å². The minimum atomic E-state index is -0.129. The third-order valence-electron chi connectivity index (χ3n) is 5.71. The number of hydrogen-bond donors (Lipinski definition) is 2. The second kappa shape index (κ2) is 11.4. The minimum Gasteiger partial charge on any atom is -0.503 e. The molecule has 4 aromatic rings. The van der Waals surface area contributed by atoms with E-state index in [1.807, 2.05) is 24.3 Å². The fraction of sp³-hybridized carbons (Fsp3) is 0.250. The van der Waals surface area contributed by atoms with Gasteiger partial charge in [0.15, 0.2) is 17.3 Å². The maximum Gasteiger partial charge on any atom is 0.176 e. The van der Waals surface area contributed by atoms with Crippen LogP contribution < -0.4 is 10.1 Å². The number of carbonyl (C=O) groups is 1. The van der Waals surface area contributed by atoms with Crippen molar-refractivity contribution < 1.29 is 14.6 Å². The molecule has 2 aromatic carbocycles. The van der Waals surface area contributed by atoms with E-state index in [-0.39, 0.29) is 29.7 Å². The van der Waals surface area contributed by atoms with Gasteiger partial charge in [-0.05, 0) is 69.4 Å². The number of phenolic OH excluding ortho intramolecular Hbond substituents is 1. The lowest BCUT2D eigenvalue weighted by Crippen LogP contribution is -2.14. The molecule has 188 valence electrons. The van der Waals surface area contributed by atoms with Crippen LogP contribution in [-0.2, 0) is 6.42 Å². The standard InChI is InChI=1S/C27H27ClN4O3.CH4/c1-16(33)20-15-29-23-10-9-22(18-13-21(28)27(34)24(14-18)35-4)31-26(23)25(20)30-19-7-5-17(6-8-19)11-12-32(2)3;/h5-10,13-15,34H,11-12H2,1-4H3,(H,29,30);1H4. The van der Waals surface area contributed by atoms with Crippen molar-refractivity contribution in [2.24, 2.45) is 0 Å². The molecule has 0 spiro atoms. The van der Waals surface area contributed by atoms with Gasteiger partial charge >= 0.3 is 0 Å². The number of methoxy groups -OCH3 is 1. The molecule has 0 atom stereocenters. The average Bonchev–Trinajstić information content (AvgIpc) is 2.84. The van der Waals surface area contributed by atoms with Gasteiger partial charge in [-0.3, -0.25) is 9.78 Å². The Kier molecular flexibility index (Phi) is 8.50. The lowest BCUT2D eigenvalue weighted by Gasteiger charge is -2.15. The molecule has 0 aliphatic carbocycles. The van der Waals surface area contributed by atoms with E-state index in [4.69, 9.17) is 21.3 Å². The normalized spacial score (nSPS) is 10.8. The summed E-state index contributed by atoms with van der Waals surface area (Å²) in [6.07, 6.45) is 2.52. The number of anilines is 2. The largest absolute Gasteiger partial charge is 0.503 e. The Bertz CT molecular complexity index is 1390. The number of hydrogen-bond acceptors (Lipinski definition) is 7. The summed E-state index contributed by atoms with van der Waals surface area (Å²) in [7, 11) is 5.56. The smallest absolute Gasteiger partial charge is 0.176 e. The summed E-state index contributed by atoms with van der Waals surface area (Å²) >= 11 is 6.19. The van der Waals surface area contributed by atoms with Gasteiger partial charge in [-0.25, -0.2) is 4.98 Å². The number of aromatic hydroxyl groups is 1. The number of ketones is 1. The van der Waals surface area contributed by atoms with Crippen molar-refractivity contribution in [3.05, 3.63) is 70.9 Å². The Balaban J connectivity index is 0.00000361. The van der Waals surface area contributed by atoms with Gasteiger partial charge in [0.05, 0.1) is 34.6 Å². The molecular formula is C28H31ClN4O3. The van der Waals surface area contributed by atoms with Crippen LogP contribution in [0.5, 0.6) is 11.5 Å². The molecule has 4 rings (SSSR count). The fourth-order valence-electron chi connectivity index (χ4n) is 3.75. The van der Waals surface area contributed by atoms with Gasteiger partial charge in [0.2, 0.25) is 0 Å². The molecular weight excluding hydrogens is 476 g/mol. The summed E-state index contributed by atoms with van der Waals surface area (Å²) in [6, 6.07) is 15.1. The van der Waals surface area contributed by atoms with Crippen LogP contribution in [0.1, 0.15) is 30.3 Å². The maximum atomic E-state index is 12.4. The van der Waals surface area contributed by atoms with Crippen LogP contribution in [0, 0.1) is 0 Å². The molecule has 36 heavy (non-hydrogen) atoms. The number of nitrogens with one attached hydrogen (secondary N) is 1. The molecule has 0 unspecified atom stereocenters. The minimum absolute atomic E-state index is 0. The highest BCUT2D eigenvalue weighted by molar-refractivity contribution is 6.32. The molecule has 0 fully saturated rings. The van der Waals surface area contributed by atoms with Crippen molar-refractivity contribution in [3.8, 4) is 22.8 Å². The Morgan fingerprint density at radius 1 is 1.14 bits per heavy atom. The number of carbonyl (C=O) groups excluding carboxylic acids is 1. The van der Waals surface area contributed by atoms with E-state index < -0.39 is 0 Å². The monoisotopic (exact) mass is 506 g/mol. The van der Waals surface area contributed by atoms with E-state index in [0.717, 1.165) is 18.7 Å². The highest BCUT2D eigenvalue weighted by Crippen LogP contribution is 2.39. The topological polar surface area (TPSA) is 87.6 Å². The number of fused-ring (bicyclic) bond motifs is 1. The van der Waals surface area contributed by atoms with Crippen LogP contribution in [-0.4, -0.2) is 53.5 Å². The number of Topliss-reactive ketones (excluding diaryl/α,β-unsaturated/α-hetero) is 1. The first kappa shape index (κ1) is 26.9. The van der Waals surface area contributed by atoms with Crippen molar-refractivity contribution in [2.45, 2.75) is 20.8 Å². The van der Waals surface area contributed by atoms with Crippen molar-refractivity contribution in [3.63, 3.8) is 0 Å². The van der Waals surface area contributed by atoms with Crippen LogP contribution in [0.15, 0.2) is 54.7 Å². The highest BCUT2D eigenvalue weighted by Gasteiger charge is 2.17. The molecule has 2 heterocycles. The predicted molar refractivity (Wildman–Crippen MR) is 147 cm³/mol. The molecule has 0 radical (unpaired) electrons. The van der Waals surface area contributed by atoms with Crippen LogP contribution >= 0.6 is 11.6 Å². The van der Waals surface area contributed by atoms with Crippen molar-refractivity contribution in [1.29, 1.82) is 0 Å². The van der Waals surface area contributed by atoms with E-state index in [1.54, 1.807) is 18.3 Å². The second-order valence-electron chi connectivity index (χ2n) is 8.55. The number of ether oxygens (including phenoxy) is 1. The summed E-state index contributed by atoms with van der Waals surface area (Å²) in [6.45, 7) is 2.47. The fourth-order valence-corrected chi connectivity index (χ4v) is 3.96. The van der Waals surface area contributed by atoms with E-state index in [2.05, 4.69) is 41.4 Å². The molecule has 0 saturated heterocycles. The summed E-state index contributed by atoms with van der Waals surface area (Å²) < 4.78 is 5.23. The van der Waals surface area contributed by atoms with Gasteiger partial charge in [0.25, 0.3) is 0 Å². The number of likely N-dealkylation sites (N-methyl/N-ethyl adjacent to an activating group) is 1. The molecule has 0 bridgehead atoms. The summed E-state index contributed by atoms with van der Waals surface area (Å²) in [4.78, 5) is 23.9. The Morgan fingerprint density at radius 3 is 2.50 bits per heavy atom. The number of nitrogens with zero attached hydrogens (tertiary/aromatic N) is 3. The summed E-state index contributed by atoms with van der Waals surface area (Å²) in [5.74, 6) is -0.000565. The molecule has 2 aromatic heterocycles.